The summed E-state index contributed by atoms with van der Waals surface area (Å²) in [7, 11) is 0. The summed E-state index contributed by atoms with van der Waals surface area (Å²) in [6, 6.07) is 5.25. The molecule has 1 heterocycles. The lowest BCUT2D eigenvalue weighted by Gasteiger charge is -2.36. The molecule has 1 aliphatic heterocycles. The van der Waals surface area contributed by atoms with E-state index in [1.807, 2.05) is 18.7 Å². The van der Waals surface area contributed by atoms with E-state index in [1.54, 1.807) is 16.7 Å². The number of amides is 2. The van der Waals surface area contributed by atoms with Crippen LogP contribution < -0.4 is 0 Å². The summed E-state index contributed by atoms with van der Waals surface area (Å²) < 4.78 is 13.3. The molecule has 1 aliphatic carbocycles. The first-order valence-electron chi connectivity index (χ1n) is 10.1. The fourth-order valence-corrected chi connectivity index (χ4v) is 5.88. The number of carbonyl (C=O) groups is 2. The predicted molar refractivity (Wildman–Crippen MR) is 107 cm³/mol. The molecule has 0 bridgehead atoms. The molecule has 4 nitrogen and oxygen atoms in total. The van der Waals surface area contributed by atoms with E-state index in [4.69, 9.17) is 0 Å². The minimum atomic E-state index is -0.431. The molecule has 2 atom stereocenters. The van der Waals surface area contributed by atoms with Crippen molar-refractivity contribution in [2.75, 3.05) is 18.8 Å². The highest BCUT2D eigenvalue weighted by molar-refractivity contribution is 8.00. The van der Waals surface area contributed by atoms with Gasteiger partial charge in [0.2, 0.25) is 5.91 Å². The lowest BCUT2D eigenvalue weighted by molar-refractivity contribution is -0.135. The largest absolute Gasteiger partial charge is 0.341 e. The highest BCUT2D eigenvalue weighted by Crippen LogP contribution is 2.41. The lowest BCUT2D eigenvalue weighted by atomic mass is 9.88. The third-order valence-electron chi connectivity index (χ3n) is 5.77. The van der Waals surface area contributed by atoms with Crippen LogP contribution >= 0.6 is 11.8 Å². The Kier molecular flexibility index (Phi) is 6.79. The normalized spacial score (nSPS) is 23.4. The summed E-state index contributed by atoms with van der Waals surface area (Å²) in [5.74, 6) is 0.593. The van der Waals surface area contributed by atoms with Gasteiger partial charge in [0, 0.05) is 24.4 Å². The van der Waals surface area contributed by atoms with Crippen molar-refractivity contribution in [2.24, 2.45) is 5.92 Å². The van der Waals surface area contributed by atoms with Gasteiger partial charge < -0.3 is 9.80 Å². The molecular weight excluding hydrogens is 363 g/mol. The van der Waals surface area contributed by atoms with E-state index in [9.17, 15) is 14.0 Å². The molecule has 0 N–H and O–H groups in total. The van der Waals surface area contributed by atoms with Crippen molar-refractivity contribution in [3.8, 4) is 0 Å². The number of carbonyl (C=O) groups excluding carboxylic acids is 2. The van der Waals surface area contributed by atoms with E-state index in [-0.39, 0.29) is 23.0 Å². The number of benzene rings is 1. The van der Waals surface area contributed by atoms with Crippen LogP contribution in [-0.4, -0.2) is 51.9 Å². The van der Waals surface area contributed by atoms with E-state index in [1.165, 1.54) is 43.5 Å². The van der Waals surface area contributed by atoms with Crippen molar-refractivity contribution in [3.63, 3.8) is 0 Å². The summed E-state index contributed by atoms with van der Waals surface area (Å²) in [4.78, 5) is 30.1. The molecule has 2 fully saturated rings. The van der Waals surface area contributed by atoms with Crippen molar-refractivity contribution < 1.29 is 14.0 Å². The van der Waals surface area contributed by atoms with Gasteiger partial charge >= 0.3 is 0 Å². The Morgan fingerprint density at radius 1 is 1.11 bits per heavy atom. The van der Waals surface area contributed by atoms with Crippen LogP contribution in [-0.2, 0) is 4.79 Å². The maximum absolute atomic E-state index is 13.3. The number of hydrogen-bond donors (Lipinski definition) is 0. The molecule has 1 aromatic rings. The second-order valence-corrected chi connectivity index (χ2v) is 8.52. The number of halogens is 1. The summed E-state index contributed by atoms with van der Waals surface area (Å²) in [6.07, 6.45) is 5.85. The van der Waals surface area contributed by atoms with Crippen molar-refractivity contribution in [2.45, 2.75) is 57.4 Å². The molecule has 0 aromatic heterocycles. The lowest BCUT2D eigenvalue weighted by Crippen LogP contribution is -2.52. The minimum absolute atomic E-state index is 0.0290. The molecule has 2 aliphatic rings. The van der Waals surface area contributed by atoms with Crippen LogP contribution in [0.15, 0.2) is 24.3 Å². The van der Waals surface area contributed by atoms with Crippen LogP contribution in [0.3, 0.4) is 0 Å². The van der Waals surface area contributed by atoms with Gasteiger partial charge in [0.15, 0.2) is 0 Å². The summed E-state index contributed by atoms with van der Waals surface area (Å²) in [5, 5.41) is 0.0346. The summed E-state index contributed by atoms with van der Waals surface area (Å²) >= 11 is 1.74. The monoisotopic (exact) mass is 392 g/mol. The van der Waals surface area contributed by atoms with E-state index in [2.05, 4.69) is 0 Å². The smallest absolute Gasteiger partial charge is 0.255 e. The van der Waals surface area contributed by atoms with Crippen LogP contribution in [0.5, 0.6) is 0 Å². The molecule has 1 saturated carbocycles. The first-order chi connectivity index (χ1) is 13.1. The topological polar surface area (TPSA) is 40.6 Å². The molecule has 0 spiro atoms. The van der Waals surface area contributed by atoms with E-state index < -0.39 is 6.04 Å². The maximum atomic E-state index is 13.3. The van der Waals surface area contributed by atoms with Crippen molar-refractivity contribution >= 4 is 23.6 Å². The van der Waals surface area contributed by atoms with Gasteiger partial charge in [-0.3, -0.25) is 9.59 Å². The fraction of sp³-hybridized carbons (Fsp3) is 0.619. The van der Waals surface area contributed by atoms with E-state index in [0.29, 0.717) is 30.3 Å². The molecule has 27 heavy (non-hydrogen) atoms. The van der Waals surface area contributed by atoms with Crippen molar-refractivity contribution in [3.05, 3.63) is 35.6 Å². The number of nitrogens with zero attached hydrogens (tertiary/aromatic N) is 2. The zero-order valence-corrected chi connectivity index (χ0v) is 17.0. The van der Waals surface area contributed by atoms with Gasteiger partial charge in [-0.15, -0.1) is 11.8 Å². The van der Waals surface area contributed by atoms with Gasteiger partial charge in [-0.2, -0.15) is 0 Å². The molecule has 0 radical (unpaired) electrons. The minimum Gasteiger partial charge on any atom is -0.341 e. The third kappa shape index (κ3) is 4.31. The van der Waals surface area contributed by atoms with E-state index in [0.717, 1.165) is 12.8 Å². The van der Waals surface area contributed by atoms with Gasteiger partial charge in [0.05, 0.1) is 5.37 Å². The standard InChI is InChI=1S/C21H29FN2O2S/c1-3-23(4-2)20(26)18-14-27-21(16-8-6-5-7-9-16)24(18)19(25)15-10-12-17(22)13-11-15/h10-13,16,18,21H,3-9,14H2,1-2H3. The zero-order valence-electron chi connectivity index (χ0n) is 16.2. The molecule has 2 unspecified atom stereocenters. The molecule has 148 valence electrons. The molecule has 3 rings (SSSR count). The maximum Gasteiger partial charge on any atom is 0.255 e. The summed E-state index contributed by atoms with van der Waals surface area (Å²) in [6.45, 7) is 5.22. The second-order valence-electron chi connectivity index (χ2n) is 7.37. The first-order valence-corrected chi connectivity index (χ1v) is 11.1. The average Bonchev–Trinajstić information content (AvgIpc) is 3.14. The molecule has 2 amide bonds. The van der Waals surface area contributed by atoms with Crippen LogP contribution in [0, 0.1) is 11.7 Å². The van der Waals surface area contributed by atoms with Gasteiger partial charge in [0.25, 0.3) is 5.91 Å². The fourth-order valence-electron chi connectivity index (χ4n) is 4.25. The Hall–Kier alpha value is -1.56. The predicted octanol–water partition coefficient (Wildman–Crippen LogP) is 4.16. The Bertz CT molecular complexity index is 657. The third-order valence-corrected chi connectivity index (χ3v) is 7.24. The first kappa shape index (κ1) is 20.2. The highest BCUT2D eigenvalue weighted by atomic mass is 32.2. The van der Waals surface area contributed by atoms with Gasteiger partial charge in [0.1, 0.15) is 11.9 Å². The number of hydrogen-bond acceptors (Lipinski definition) is 3. The van der Waals surface area contributed by atoms with Crippen LogP contribution in [0.1, 0.15) is 56.3 Å². The van der Waals surface area contributed by atoms with Gasteiger partial charge in [-0.1, -0.05) is 19.3 Å². The van der Waals surface area contributed by atoms with Crippen LogP contribution in [0.25, 0.3) is 0 Å². The highest BCUT2D eigenvalue weighted by Gasteiger charge is 2.45. The molecular formula is C21H29FN2O2S. The average molecular weight is 393 g/mol. The molecule has 6 heteroatoms. The van der Waals surface area contributed by atoms with E-state index >= 15 is 0 Å². The van der Waals surface area contributed by atoms with Crippen molar-refractivity contribution in [1.29, 1.82) is 0 Å². The van der Waals surface area contributed by atoms with Crippen LogP contribution in [0.2, 0.25) is 0 Å². The summed E-state index contributed by atoms with van der Waals surface area (Å²) in [5.41, 5.74) is 0.456. The zero-order chi connectivity index (χ0) is 19.4. The Morgan fingerprint density at radius 3 is 2.33 bits per heavy atom. The Balaban J connectivity index is 1.89. The number of thioether (sulfide) groups is 1. The van der Waals surface area contributed by atoms with Crippen molar-refractivity contribution in [1.82, 2.24) is 9.80 Å². The second kappa shape index (κ2) is 9.09. The molecule has 1 saturated heterocycles. The number of likely N-dealkylation sites (N-methyl/N-ethyl adjacent to an activating group) is 1. The number of rotatable bonds is 5. The SMILES string of the molecule is CCN(CC)C(=O)C1CSC(C2CCCCC2)N1C(=O)c1ccc(F)cc1. The van der Waals surface area contributed by atoms with Crippen LogP contribution in [0.4, 0.5) is 4.39 Å². The van der Waals surface area contributed by atoms with Gasteiger partial charge in [-0.05, 0) is 56.9 Å². The Labute approximate surface area is 165 Å². The molecule has 1 aromatic carbocycles. The quantitative estimate of drug-likeness (QED) is 0.756. The van der Waals surface area contributed by atoms with Gasteiger partial charge in [-0.25, -0.2) is 4.39 Å². The Morgan fingerprint density at radius 2 is 1.74 bits per heavy atom.